The SMILES string of the molecule is CN=C(NCC(=O)NC1CCCCC1)NC(C)C(C)C. The van der Waals surface area contributed by atoms with Crippen LogP contribution in [0.5, 0.6) is 0 Å². The zero-order valence-electron chi connectivity index (χ0n) is 13.3. The molecule has 0 saturated heterocycles. The van der Waals surface area contributed by atoms with Gasteiger partial charge in [-0.3, -0.25) is 9.79 Å². The van der Waals surface area contributed by atoms with E-state index in [9.17, 15) is 4.79 Å². The third kappa shape index (κ3) is 6.26. The van der Waals surface area contributed by atoms with Crippen LogP contribution in [0.15, 0.2) is 4.99 Å². The van der Waals surface area contributed by atoms with Crippen molar-refractivity contribution in [3.05, 3.63) is 0 Å². The lowest BCUT2D eigenvalue weighted by Crippen LogP contribution is -2.48. The Balaban J connectivity index is 2.27. The van der Waals surface area contributed by atoms with E-state index < -0.39 is 0 Å². The Morgan fingerprint density at radius 1 is 1.20 bits per heavy atom. The molecule has 1 fully saturated rings. The molecule has 5 nitrogen and oxygen atoms in total. The molecule has 0 aliphatic heterocycles. The van der Waals surface area contributed by atoms with E-state index in [1.54, 1.807) is 7.05 Å². The number of rotatable bonds is 5. The Bertz CT molecular complexity index is 322. The summed E-state index contributed by atoms with van der Waals surface area (Å²) < 4.78 is 0. The van der Waals surface area contributed by atoms with Gasteiger partial charge >= 0.3 is 0 Å². The van der Waals surface area contributed by atoms with Gasteiger partial charge in [0.1, 0.15) is 0 Å². The van der Waals surface area contributed by atoms with E-state index >= 15 is 0 Å². The minimum Gasteiger partial charge on any atom is -0.354 e. The van der Waals surface area contributed by atoms with Crippen molar-refractivity contribution in [2.45, 2.75) is 65.0 Å². The van der Waals surface area contributed by atoms with E-state index in [4.69, 9.17) is 0 Å². The molecule has 5 heteroatoms. The zero-order valence-corrected chi connectivity index (χ0v) is 13.3. The summed E-state index contributed by atoms with van der Waals surface area (Å²) in [6.45, 7) is 6.70. The van der Waals surface area contributed by atoms with E-state index in [-0.39, 0.29) is 12.5 Å². The van der Waals surface area contributed by atoms with Crippen molar-refractivity contribution in [3.63, 3.8) is 0 Å². The van der Waals surface area contributed by atoms with Gasteiger partial charge < -0.3 is 16.0 Å². The molecule has 1 aliphatic rings. The fraction of sp³-hybridized carbons (Fsp3) is 0.867. The predicted octanol–water partition coefficient (Wildman–Crippen LogP) is 1.64. The highest BCUT2D eigenvalue weighted by Gasteiger charge is 2.16. The topological polar surface area (TPSA) is 65.5 Å². The summed E-state index contributed by atoms with van der Waals surface area (Å²) in [6, 6.07) is 0.685. The van der Waals surface area contributed by atoms with Crippen LogP contribution in [0.3, 0.4) is 0 Å². The van der Waals surface area contributed by atoms with Gasteiger partial charge in [-0.05, 0) is 25.7 Å². The lowest BCUT2D eigenvalue weighted by molar-refractivity contribution is -0.120. The van der Waals surface area contributed by atoms with Crippen LogP contribution < -0.4 is 16.0 Å². The van der Waals surface area contributed by atoms with Crippen LogP contribution in [0.2, 0.25) is 0 Å². The molecule has 0 aromatic rings. The fourth-order valence-corrected chi connectivity index (χ4v) is 2.27. The second-order valence-corrected chi connectivity index (χ2v) is 6.01. The monoisotopic (exact) mass is 282 g/mol. The summed E-state index contributed by atoms with van der Waals surface area (Å²) in [5, 5.41) is 9.45. The molecular formula is C15H30N4O. The van der Waals surface area contributed by atoms with Crippen molar-refractivity contribution in [1.29, 1.82) is 0 Å². The molecule has 0 heterocycles. The standard InChI is InChI=1S/C15H30N4O/c1-11(2)12(3)18-15(16-4)17-10-14(20)19-13-8-6-5-7-9-13/h11-13H,5-10H2,1-4H3,(H,19,20)(H2,16,17,18). The number of carbonyl (C=O) groups excluding carboxylic acids is 1. The van der Waals surface area contributed by atoms with Gasteiger partial charge in [-0.2, -0.15) is 0 Å². The third-order valence-corrected chi connectivity index (χ3v) is 3.97. The van der Waals surface area contributed by atoms with Crippen molar-refractivity contribution < 1.29 is 4.79 Å². The number of hydrogen-bond acceptors (Lipinski definition) is 2. The van der Waals surface area contributed by atoms with E-state index in [1.165, 1.54) is 19.3 Å². The van der Waals surface area contributed by atoms with Crippen LogP contribution in [0.25, 0.3) is 0 Å². The average Bonchev–Trinajstić information content (AvgIpc) is 2.44. The van der Waals surface area contributed by atoms with Crippen LogP contribution in [0, 0.1) is 5.92 Å². The molecule has 1 unspecified atom stereocenters. The summed E-state index contributed by atoms with van der Waals surface area (Å²) in [7, 11) is 1.72. The molecule has 1 aliphatic carbocycles. The van der Waals surface area contributed by atoms with Gasteiger partial charge in [0, 0.05) is 19.1 Å². The highest BCUT2D eigenvalue weighted by atomic mass is 16.2. The fourth-order valence-electron chi connectivity index (χ4n) is 2.27. The quantitative estimate of drug-likeness (QED) is 0.530. The zero-order chi connectivity index (χ0) is 15.0. The lowest BCUT2D eigenvalue weighted by atomic mass is 9.95. The number of hydrogen-bond donors (Lipinski definition) is 3. The maximum absolute atomic E-state index is 11.9. The van der Waals surface area contributed by atoms with Crippen LogP contribution in [-0.4, -0.2) is 37.5 Å². The first-order chi connectivity index (χ1) is 9.52. The van der Waals surface area contributed by atoms with Gasteiger partial charge in [0.2, 0.25) is 5.91 Å². The Morgan fingerprint density at radius 3 is 2.40 bits per heavy atom. The molecule has 20 heavy (non-hydrogen) atoms. The smallest absolute Gasteiger partial charge is 0.239 e. The highest BCUT2D eigenvalue weighted by molar-refractivity contribution is 5.86. The number of nitrogens with one attached hydrogen (secondary N) is 3. The van der Waals surface area contributed by atoms with Crippen molar-refractivity contribution in [3.8, 4) is 0 Å². The summed E-state index contributed by atoms with van der Waals surface area (Å²) in [4.78, 5) is 16.0. The summed E-state index contributed by atoms with van der Waals surface area (Å²) in [5.41, 5.74) is 0. The van der Waals surface area contributed by atoms with Gasteiger partial charge in [0.15, 0.2) is 5.96 Å². The molecule has 1 rings (SSSR count). The van der Waals surface area contributed by atoms with Gasteiger partial charge in [-0.25, -0.2) is 0 Å². The van der Waals surface area contributed by atoms with E-state index in [0.717, 1.165) is 12.8 Å². The molecule has 3 N–H and O–H groups in total. The van der Waals surface area contributed by atoms with Crippen LogP contribution in [0.4, 0.5) is 0 Å². The number of amides is 1. The number of nitrogens with zero attached hydrogens (tertiary/aromatic N) is 1. The van der Waals surface area contributed by atoms with Gasteiger partial charge in [0.25, 0.3) is 0 Å². The number of aliphatic imine (C=N–C) groups is 1. The molecule has 0 spiro atoms. The Hall–Kier alpha value is -1.26. The maximum Gasteiger partial charge on any atom is 0.239 e. The maximum atomic E-state index is 11.9. The largest absolute Gasteiger partial charge is 0.354 e. The molecule has 0 aromatic carbocycles. The number of carbonyl (C=O) groups is 1. The van der Waals surface area contributed by atoms with Crippen molar-refractivity contribution in [2.24, 2.45) is 10.9 Å². The van der Waals surface area contributed by atoms with Crippen molar-refractivity contribution >= 4 is 11.9 Å². The minimum atomic E-state index is 0.0528. The molecule has 116 valence electrons. The second-order valence-electron chi connectivity index (χ2n) is 6.01. The molecule has 1 atom stereocenters. The number of guanidine groups is 1. The Labute approximate surface area is 123 Å². The van der Waals surface area contributed by atoms with Crippen LogP contribution in [-0.2, 0) is 4.79 Å². The first-order valence-corrected chi connectivity index (χ1v) is 7.79. The van der Waals surface area contributed by atoms with E-state index in [0.29, 0.717) is 24.0 Å². The molecule has 0 bridgehead atoms. The summed E-state index contributed by atoms with van der Waals surface area (Å²) in [5.74, 6) is 1.26. The molecule has 0 aromatic heterocycles. The normalized spacial score (nSPS) is 18.8. The van der Waals surface area contributed by atoms with Crippen molar-refractivity contribution in [2.75, 3.05) is 13.6 Å². The van der Waals surface area contributed by atoms with E-state index in [1.807, 2.05) is 0 Å². The molecule has 1 amide bonds. The predicted molar refractivity (Wildman–Crippen MR) is 83.8 cm³/mol. The third-order valence-electron chi connectivity index (χ3n) is 3.97. The molecule has 1 saturated carbocycles. The van der Waals surface area contributed by atoms with Gasteiger partial charge in [-0.15, -0.1) is 0 Å². The van der Waals surface area contributed by atoms with Gasteiger partial charge in [-0.1, -0.05) is 33.1 Å². The summed E-state index contributed by atoms with van der Waals surface area (Å²) >= 11 is 0. The minimum absolute atomic E-state index is 0.0528. The van der Waals surface area contributed by atoms with Crippen LogP contribution in [0.1, 0.15) is 52.9 Å². The Morgan fingerprint density at radius 2 is 1.85 bits per heavy atom. The van der Waals surface area contributed by atoms with Crippen LogP contribution >= 0.6 is 0 Å². The first-order valence-electron chi connectivity index (χ1n) is 7.79. The van der Waals surface area contributed by atoms with E-state index in [2.05, 4.69) is 41.7 Å². The second kappa shape index (κ2) is 8.82. The molecule has 0 radical (unpaired) electrons. The average molecular weight is 282 g/mol. The highest BCUT2D eigenvalue weighted by Crippen LogP contribution is 2.17. The molecular weight excluding hydrogens is 252 g/mol. The lowest BCUT2D eigenvalue weighted by Gasteiger charge is -2.24. The Kier molecular flexibility index (Phi) is 7.41. The van der Waals surface area contributed by atoms with Crippen molar-refractivity contribution in [1.82, 2.24) is 16.0 Å². The van der Waals surface area contributed by atoms with Gasteiger partial charge in [0.05, 0.1) is 6.54 Å². The first kappa shape index (κ1) is 16.8. The summed E-state index contributed by atoms with van der Waals surface area (Å²) in [6.07, 6.45) is 5.99.